The van der Waals surface area contributed by atoms with E-state index in [2.05, 4.69) is 25.1 Å². The van der Waals surface area contributed by atoms with Crippen molar-refractivity contribution < 1.29 is 13.0 Å². The summed E-state index contributed by atoms with van der Waals surface area (Å²) in [6, 6.07) is 20.5. The van der Waals surface area contributed by atoms with Crippen LogP contribution in [0.1, 0.15) is 16.7 Å². The maximum atomic E-state index is 11.1. The van der Waals surface area contributed by atoms with E-state index in [0.717, 1.165) is 27.2 Å². The molecule has 0 bridgehead atoms. The quantitative estimate of drug-likeness (QED) is 0.349. The Kier molecular flexibility index (Phi) is 4.85. The molecule has 4 nitrogen and oxygen atoms in total. The second-order valence-corrected chi connectivity index (χ2v) is 8.94. The van der Waals surface area contributed by atoms with E-state index in [9.17, 15) is 8.42 Å². The number of hydrogen-bond donors (Lipinski definition) is 1. The zero-order valence-electron chi connectivity index (χ0n) is 15.0. The average Bonchev–Trinajstić information content (AvgIpc) is 3.09. The van der Waals surface area contributed by atoms with Crippen LogP contribution in [0.5, 0.6) is 0 Å². The molecule has 0 aliphatic heterocycles. The fourth-order valence-corrected chi connectivity index (χ4v) is 4.38. The van der Waals surface area contributed by atoms with Crippen LogP contribution in [0, 0.1) is 6.92 Å². The zero-order chi connectivity index (χ0) is 19.7. The van der Waals surface area contributed by atoms with Crippen molar-refractivity contribution in [2.45, 2.75) is 11.8 Å². The molecule has 0 radical (unpaired) electrons. The molecule has 0 amide bonds. The van der Waals surface area contributed by atoms with Gasteiger partial charge in [0.1, 0.15) is 5.01 Å². The number of thiazole rings is 1. The predicted molar refractivity (Wildman–Crippen MR) is 115 cm³/mol. The highest BCUT2D eigenvalue weighted by atomic mass is 32.2. The molecule has 0 aliphatic rings. The lowest BCUT2D eigenvalue weighted by atomic mass is 10.1. The van der Waals surface area contributed by atoms with Gasteiger partial charge in [0.25, 0.3) is 10.1 Å². The minimum Gasteiger partial charge on any atom is -0.282 e. The number of rotatable bonds is 4. The van der Waals surface area contributed by atoms with Gasteiger partial charge in [0.15, 0.2) is 0 Å². The predicted octanol–water partition coefficient (Wildman–Crippen LogP) is 5.69. The first-order valence-electron chi connectivity index (χ1n) is 8.62. The van der Waals surface area contributed by atoms with Crippen molar-refractivity contribution in [3.63, 3.8) is 0 Å². The van der Waals surface area contributed by atoms with Crippen LogP contribution >= 0.6 is 11.3 Å². The average molecular weight is 408 g/mol. The maximum Gasteiger partial charge on any atom is 0.294 e. The molecular weight excluding hydrogens is 390 g/mol. The van der Waals surface area contributed by atoms with E-state index in [0.29, 0.717) is 0 Å². The molecule has 0 atom stereocenters. The first-order valence-corrected chi connectivity index (χ1v) is 10.9. The van der Waals surface area contributed by atoms with Crippen LogP contribution in [0.3, 0.4) is 0 Å². The lowest BCUT2D eigenvalue weighted by molar-refractivity contribution is 0.483. The van der Waals surface area contributed by atoms with Gasteiger partial charge in [-0.25, -0.2) is 4.98 Å². The van der Waals surface area contributed by atoms with Gasteiger partial charge in [-0.05, 0) is 47.9 Å². The Labute approximate surface area is 167 Å². The van der Waals surface area contributed by atoms with Crippen molar-refractivity contribution in [2.24, 2.45) is 0 Å². The van der Waals surface area contributed by atoms with Gasteiger partial charge in [-0.2, -0.15) is 8.42 Å². The molecule has 0 saturated carbocycles. The molecule has 140 valence electrons. The number of hydrogen-bond acceptors (Lipinski definition) is 4. The van der Waals surface area contributed by atoms with Crippen molar-refractivity contribution in [1.82, 2.24) is 4.98 Å². The minimum atomic E-state index is -4.16. The molecule has 6 heteroatoms. The molecule has 28 heavy (non-hydrogen) atoms. The molecule has 4 rings (SSSR count). The molecule has 1 heterocycles. The standard InChI is InChI=1S/C22H17NO3S2/c1-15-2-13-20-21(14-15)27-22(23-20)18-9-5-16(6-10-18)3-4-17-7-11-19(12-8-17)28(24,25)26/h2-14H,1H3,(H,24,25,26)/b4-3+. The Hall–Kier alpha value is -2.80. The number of aromatic nitrogens is 1. The summed E-state index contributed by atoms with van der Waals surface area (Å²) in [6.07, 6.45) is 3.84. The van der Waals surface area contributed by atoms with Crippen LogP contribution < -0.4 is 0 Å². The van der Waals surface area contributed by atoms with Gasteiger partial charge < -0.3 is 0 Å². The summed E-state index contributed by atoms with van der Waals surface area (Å²) in [6.45, 7) is 2.08. The van der Waals surface area contributed by atoms with Crippen LogP contribution in [0.15, 0.2) is 71.6 Å². The first-order chi connectivity index (χ1) is 13.4. The van der Waals surface area contributed by atoms with Crippen LogP contribution in [-0.2, 0) is 10.1 Å². The smallest absolute Gasteiger partial charge is 0.282 e. The zero-order valence-corrected chi connectivity index (χ0v) is 16.7. The molecule has 0 unspecified atom stereocenters. The van der Waals surface area contributed by atoms with Crippen LogP contribution in [0.4, 0.5) is 0 Å². The number of aryl methyl sites for hydroxylation is 1. The van der Waals surface area contributed by atoms with E-state index >= 15 is 0 Å². The summed E-state index contributed by atoms with van der Waals surface area (Å²) in [5, 5.41) is 0.997. The van der Waals surface area contributed by atoms with Gasteiger partial charge in [0.05, 0.1) is 15.1 Å². The van der Waals surface area contributed by atoms with Gasteiger partial charge in [-0.15, -0.1) is 11.3 Å². The fraction of sp³-hybridized carbons (Fsp3) is 0.0455. The van der Waals surface area contributed by atoms with Crippen LogP contribution in [0.25, 0.3) is 32.9 Å². The summed E-state index contributed by atoms with van der Waals surface area (Å²) in [5.74, 6) is 0. The Morgan fingerprint density at radius 3 is 2.11 bits per heavy atom. The third-order valence-corrected chi connectivity index (χ3v) is 6.28. The summed E-state index contributed by atoms with van der Waals surface area (Å²) in [5.41, 5.74) is 5.20. The van der Waals surface area contributed by atoms with Crippen molar-refractivity contribution in [1.29, 1.82) is 0 Å². The van der Waals surface area contributed by atoms with Gasteiger partial charge in [0, 0.05) is 5.56 Å². The maximum absolute atomic E-state index is 11.1. The summed E-state index contributed by atoms with van der Waals surface area (Å²) in [7, 11) is -4.16. The second-order valence-electron chi connectivity index (χ2n) is 6.49. The largest absolute Gasteiger partial charge is 0.294 e. The first kappa shape index (κ1) is 18.6. The van der Waals surface area contributed by atoms with Gasteiger partial charge in [0.2, 0.25) is 0 Å². The van der Waals surface area contributed by atoms with Gasteiger partial charge in [-0.3, -0.25) is 4.55 Å². The van der Waals surface area contributed by atoms with E-state index in [1.165, 1.54) is 22.4 Å². The Morgan fingerprint density at radius 2 is 1.50 bits per heavy atom. The molecular formula is C22H17NO3S2. The van der Waals surface area contributed by atoms with Crippen LogP contribution in [0.2, 0.25) is 0 Å². The van der Waals surface area contributed by atoms with Gasteiger partial charge >= 0.3 is 0 Å². The number of benzene rings is 3. The minimum absolute atomic E-state index is 0.111. The second kappa shape index (κ2) is 7.31. The Bertz CT molecular complexity index is 1270. The monoisotopic (exact) mass is 407 g/mol. The van der Waals surface area contributed by atoms with E-state index in [1.807, 2.05) is 36.4 Å². The third kappa shape index (κ3) is 4.04. The van der Waals surface area contributed by atoms with Crippen molar-refractivity contribution in [3.05, 3.63) is 83.4 Å². The molecule has 0 saturated heterocycles. The molecule has 0 spiro atoms. The highest BCUT2D eigenvalue weighted by molar-refractivity contribution is 7.85. The normalized spacial score (nSPS) is 12.1. The topological polar surface area (TPSA) is 67.3 Å². The summed E-state index contributed by atoms with van der Waals surface area (Å²) >= 11 is 1.69. The molecule has 1 N–H and O–H groups in total. The Balaban J connectivity index is 1.53. The van der Waals surface area contributed by atoms with E-state index in [-0.39, 0.29) is 4.90 Å². The van der Waals surface area contributed by atoms with Crippen LogP contribution in [-0.4, -0.2) is 18.0 Å². The molecule has 4 aromatic rings. The molecule has 3 aromatic carbocycles. The highest BCUT2D eigenvalue weighted by Gasteiger charge is 2.08. The van der Waals surface area contributed by atoms with Crippen molar-refractivity contribution in [3.8, 4) is 10.6 Å². The number of fused-ring (bicyclic) bond motifs is 1. The fourth-order valence-electron chi connectivity index (χ4n) is 2.84. The van der Waals surface area contributed by atoms with E-state index < -0.39 is 10.1 Å². The van der Waals surface area contributed by atoms with E-state index in [1.54, 1.807) is 23.5 Å². The molecule has 0 aliphatic carbocycles. The Morgan fingerprint density at radius 1 is 0.893 bits per heavy atom. The SMILES string of the molecule is Cc1ccc2nc(-c3ccc(/C=C/c4ccc(S(=O)(=O)O)cc4)cc3)sc2c1. The van der Waals surface area contributed by atoms with Crippen molar-refractivity contribution in [2.75, 3.05) is 0 Å². The van der Waals surface area contributed by atoms with Gasteiger partial charge in [-0.1, -0.05) is 54.6 Å². The molecule has 1 aromatic heterocycles. The van der Waals surface area contributed by atoms with E-state index in [4.69, 9.17) is 9.54 Å². The lowest BCUT2D eigenvalue weighted by Gasteiger charge is -1.99. The summed E-state index contributed by atoms with van der Waals surface area (Å²) < 4.78 is 32.4. The highest BCUT2D eigenvalue weighted by Crippen LogP contribution is 2.31. The number of nitrogens with zero attached hydrogens (tertiary/aromatic N) is 1. The van der Waals surface area contributed by atoms with Crippen molar-refractivity contribution >= 4 is 43.8 Å². The summed E-state index contributed by atoms with van der Waals surface area (Å²) in [4.78, 5) is 4.60. The third-order valence-electron chi connectivity index (χ3n) is 4.35. The molecule has 0 fully saturated rings. The lowest BCUT2D eigenvalue weighted by Crippen LogP contribution is -1.97.